The standard InChI is InChI=1S/C23H18N4O5/c1-15-11-16(22(28)20(12-15)27(30)31)13-24-26-21(14-32-17-7-3-2-4-8-17)25-19-10-6-5-9-18(19)23(26)29/h2-13,28H,14H2,1H3/b24-13-. The molecule has 0 aliphatic rings. The summed E-state index contributed by atoms with van der Waals surface area (Å²) in [6.45, 7) is 1.62. The van der Waals surface area contributed by atoms with Crippen LogP contribution in [0, 0.1) is 17.0 Å². The molecule has 3 aromatic carbocycles. The smallest absolute Gasteiger partial charge is 0.311 e. The van der Waals surface area contributed by atoms with Crippen LogP contribution in [-0.4, -0.2) is 25.9 Å². The molecule has 0 fully saturated rings. The van der Waals surface area contributed by atoms with E-state index in [9.17, 15) is 20.0 Å². The number of aromatic hydroxyl groups is 1. The number of hydrogen-bond donors (Lipinski definition) is 1. The zero-order valence-electron chi connectivity index (χ0n) is 17.0. The number of rotatable bonds is 6. The second-order valence-corrected chi connectivity index (χ2v) is 6.99. The summed E-state index contributed by atoms with van der Waals surface area (Å²) >= 11 is 0. The molecule has 9 heteroatoms. The van der Waals surface area contributed by atoms with Gasteiger partial charge in [0.15, 0.2) is 5.82 Å². The van der Waals surface area contributed by atoms with Crippen molar-refractivity contribution in [2.45, 2.75) is 13.5 Å². The van der Waals surface area contributed by atoms with E-state index in [4.69, 9.17) is 4.74 Å². The van der Waals surface area contributed by atoms with Gasteiger partial charge in [-0.05, 0) is 42.8 Å². The molecule has 0 saturated carbocycles. The first-order valence-corrected chi connectivity index (χ1v) is 9.65. The Hall–Kier alpha value is -4.53. The fourth-order valence-corrected chi connectivity index (χ4v) is 3.19. The molecule has 0 bridgehead atoms. The maximum absolute atomic E-state index is 13.1. The third-order valence-electron chi connectivity index (χ3n) is 4.70. The zero-order valence-corrected chi connectivity index (χ0v) is 17.0. The van der Waals surface area contributed by atoms with E-state index >= 15 is 0 Å². The van der Waals surface area contributed by atoms with Gasteiger partial charge < -0.3 is 9.84 Å². The molecule has 0 radical (unpaired) electrons. The lowest BCUT2D eigenvalue weighted by molar-refractivity contribution is -0.385. The minimum atomic E-state index is -0.678. The Morgan fingerprint density at radius 2 is 1.88 bits per heavy atom. The summed E-state index contributed by atoms with van der Waals surface area (Å²) in [4.78, 5) is 28.1. The van der Waals surface area contributed by atoms with E-state index in [0.717, 1.165) is 4.68 Å². The zero-order chi connectivity index (χ0) is 22.7. The molecule has 0 amide bonds. The lowest BCUT2D eigenvalue weighted by Gasteiger charge is -2.11. The van der Waals surface area contributed by atoms with Crippen molar-refractivity contribution in [3.8, 4) is 11.5 Å². The summed E-state index contributed by atoms with van der Waals surface area (Å²) in [6.07, 6.45) is 1.19. The number of phenols is 1. The van der Waals surface area contributed by atoms with Crippen LogP contribution >= 0.6 is 0 Å². The molecular weight excluding hydrogens is 412 g/mol. The molecule has 160 valence electrons. The van der Waals surface area contributed by atoms with Crippen LogP contribution in [0.1, 0.15) is 17.0 Å². The predicted octanol–water partition coefficient (Wildman–Crippen LogP) is 3.78. The van der Waals surface area contributed by atoms with E-state index in [1.54, 1.807) is 43.3 Å². The third kappa shape index (κ3) is 4.17. The number of fused-ring (bicyclic) bond motifs is 1. The van der Waals surface area contributed by atoms with E-state index in [2.05, 4.69) is 10.1 Å². The van der Waals surface area contributed by atoms with Crippen molar-refractivity contribution in [2.75, 3.05) is 0 Å². The van der Waals surface area contributed by atoms with Crippen molar-refractivity contribution < 1.29 is 14.8 Å². The molecule has 32 heavy (non-hydrogen) atoms. The van der Waals surface area contributed by atoms with Gasteiger partial charge in [0, 0.05) is 11.6 Å². The molecule has 0 saturated heterocycles. The number of ether oxygens (including phenoxy) is 1. The van der Waals surface area contributed by atoms with Crippen LogP contribution < -0.4 is 10.3 Å². The van der Waals surface area contributed by atoms with Gasteiger partial charge in [-0.15, -0.1) is 0 Å². The van der Waals surface area contributed by atoms with Crippen LogP contribution in [0.25, 0.3) is 10.9 Å². The molecule has 4 rings (SSSR count). The van der Waals surface area contributed by atoms with Crippen LogP contribution in [0.3, 0.4) is 0 Å². The van der Waals surface area contributed by atoms with Crippen molar-refractivity contribution in [1.82, 2.24) is 9.66 Å². The van der Waals surface area contributed by atoms with Crippen LogP contribution in [0.5, 0.6) is 11.5 Å². The van der Waals surface area contributed by atoms with Gasteiger partial charge in [0.05, 0.1) is 22.0 Å². The highest BCUT2D eigenvalue weighted by Gasteiger charge is 2.17. The Bertz CT molecular complexity index is 1400. The number of para-hydroxylation sites is 2. The first-order chi connectivity index (χ1) is 15.4. The highest BCUT2D eigenvalue weighted by Crippen LogP contribution is 2.30. The van der Waals surface area contributed by atoms with Gasteiger partial charge in [0.25, 0.3) is 5.56 Å². The molecular formula is C23H18N4O5. The summed E-state index contributed by atoms with van der Waals surface area (Å²) in [5, 5.41) is 26.0. The molecule has 0 atom stereocenters. The summed E-state index contributed by atoms with van der Waals surface area (Å²) < 4.78 is 6.82. The predicted molar refractivity (Wildman–Crippen MR) is 119 cm³/mol. The average molecular weight is 430 g/mol. The van der Waals surface area contributed by atoms with E-state index in [1.807, 2.05) is 18.2 Å². The summed E-state index contributed by atoms with van der Waals surface area (Å²) in [6, 6.07) is 18.7. The number of nitro benzene ring substituents is 1. The van der Waals surface area contributed by atoms with Crippen molar-refractivity contribution in [3.05, 3.63) is 104 Å². The van der Waals surface area contributed by atoms with Crippen molar-refractivity contribution in [3.63, 3.8) is 0 Å². The quantitative estimate of drug-likeness (QED) is 0.282. The maximum Gasteiger partial charge on any atom is 0.311 e. The number of phenolic OH excluding ortho intramolecular Hbond substituents is 1. The Balaban J connectivity index is 1.80. The first-order valence-electron chi connectivity index (χ1n) is 9.65. The first kappa shape index (κ1) is 20.7. The normalized spacial score (nSPS) is 11.2. The number of aromatic nitrogens is 2. The molecule has 4 aromatic rings. The fraction of sp³-hybridized carbons (Fsp3) is 0.0870. The minimum absolute atomic E-state index is 0.0403. The number of hydrogen-bond acceptors (Lipinski definition) is 7. The second kappa shape index (κ2) is 8.68. The number of nitrogens with zero attached hydrogens (tertiary/aromatic N) is 4. The lowest BCUT2D eigenvalue weighted by atomic mass is 10.1. The maximum atomic E-state index is 13.1. The Morgan fingerprint density at radius 1 is 1.16 bits per heavy atom. The average Bonchev–Trinajstić information content (AvgIpc) is 2.79. The molecule has 0 aliphatic heterocycles. The van der Waals surface area contributed by atoms with E-state index < -0.39 is 21.9 Å². The summed E-state index contributed by atoms with van der Waals surface area (Å²) in [5.41, 5.74) is 0.284. The second-order valence-electron chi connectivity index (χ2n) is 6.99. The van der Waals surface area contributed by atoms with E-state index in [1.165, 1.54) is 18.3 Å². The van der Waals surface area contributed by atoms with Crippen LogP contribution in [0.4, 0.5) is 5.69 Å². The number of aryl methyl sites for hydroxylation is 1. The Kier molecular flexibility index (Phi) is 5.63. The lowest BCUT2D eigenvalue weighted by Crippen LogP contribution is -2.23. The molecule has 9 nitrogen and oxygen atoms in total. The van der Waals surface area contributed by atoms with Crippen molar-refractivity contribution >= 4 is 22.8 Å². The van der Waals surface area contributed by atoms with Gasteiger partial charge in [0.2, 0.25) is 5.75 Å². The summed E-state index contributed by atoms with van der Waals surface area (Å²) in [5.74, 6) is 0.293. The van der Waals surface area contributed by atoms with Crippen molar-refractivity contribution in [1.29, 1.82) is 0 Å². The highest BCUT2D eigenvalue weighted by atomic mass is 16.6. The fourth-order valence-electron chi connectivity index (χ4n) is 3.19. The van der Waals surface area contributed by atoms with Gasteiger partial charge in [0.1, 0.15) is 12.4 Å². The van der Waals surface area contributed by atoms with E-state index in [0.29, 0.717) is 22.2 Å². The monoisotopic (exact) mass is 430 g/mol. The van der Waals surface area contributed by atoms with Gasteiger partial charge in [-0.2, -0.15) is 9.78 Å². The van der Waals surface area contributed by atoms with Crippen LogP contribution in [0.15, 0.2) is 76.6 Å². The molecule has 0 spiro atoms. The van der Waals surface area contributed by atoms with Crippen LogP contribution in [-0.2, 0) is 6.61 Å². The topological polar surface area (TPSA) is 120 Å². The number of nitro groups is 1. The SMILES string of the molecule is Cc1cc(/C=N\n2c(COc3ccccc3)nc3ccccc3c2=O)c(O)c([N+](=O)[O-])c1. The highest BCUT2D eigenvalue weighted by molar-refractivity contribution is 5.86. The molecule has 1 heterocycles. The van der Waals surface area contributed by atoms with Crippen molar-refractivity contribution in [2.24, 2.45) is 5.10 Å². The number of benzene rings is 3. The third-order valence-corrected chi connectivity index (χ3v) is 4.70. The van der Waals surface area contributed by atoms with E-state index in [-0.39, 0.29) is 18.0 Å². The molecule has 1 aromatic heterocycles. The van der Waals surface area contributed by atoms with Gasteiger partial charge >= 0.3 is 5.69 Å². The molecule has 0 aliphatic carbocycles. The Morgan fingerprint density at radius 3 is 2.62 bits per heavy atom. The minimum Gasteiger partial charge on any atom is -0.502 e. The molecule has 1 N–H and O–H groups in total. The van der Waals surface area contributed by atoms with Crippen LogP contribution in [0.2, 0.25) is 0 Å². The summed E-state index contributed by atoms with van der Waals surface area (Å²) in [7, 11) is 0. The van der Waals surface area contributed by atoms with Gasteiger partial charge in [-0.25, -0.2) is 4.98 Å². The molecule has 0 unspecified atom stereocenters. The largest absolute Gasteiger partial charge is 0.502 e. The Labute approximate surface area is 182 Å². The van der Waals surface area contributed by atoms with Gasteiger partial charge in [-0.3, -0.25) is 14.9 Å². The van der Waals surface area contributed by atoms with Gasteiger partial charge in [-0.1, -0.05) is 30.3 Å².